The Morgan fingerprint density at radius 2 is 1.95 bits per heavy atom. The van der Waals surface area contributed by atoms with Crippen LogP contribution < -0.4 is 10.6 Å². The van der Waals surface area contributed by atoms with Crippen LogP contribution in [0.2, 0.25) is 0 Å². The number of carbonyl (C=O) groups is 1. The Morgan fingerprint density at radius 3 is 2.55 bits per heavy atom. The van der Waals surface area contributed by atoms with Crippen LogP contribution in [0.25, 0.3) is 0 Å². The summed E-state index contributed by atoms with van der Waals surface area (Å²) in [4.78, 5) is 14.1. The van der Waals surface area contributed by atoms with Gasteiger partial charge in [0, 0.05) is 12.1 Å². The topological polar surface area (TPSA) is 46.3 Å². The van der Waals surface area contributed by atoms with Gasteiger partial charge in [-0.2, -0.15) is 0 Å². The number of carbonyl (C=O) groups excluding carboxylic acids is 1. The molecule has 0 saturated heterocycles. The fourth-order valence-corrected chi connectivity index (χ4v) is 2.17. The van der Waals surface area contributed by atoms with Crippen LogP contribution in [-0.2, 0) is 0 Å². The van der Waals surface area contributed by atoms with Crippen molar-refractivity contribution in [3.8, 4) is 0 Å². The molecule has 0 aliphatic carbocycles. The van der Waals surface area contributed by atoms with Crippen LogP contribution in [0.15, 0.2) is 42.5 Å². The van der Waals surface area contributed by atoms with Gasteiger partial charge in [-0.05, 0) is 49.7 Å². The predicted octanol–water partition coefficient (Wildman–Crippen LogP) is 3.38. The molecule has 0 radical (unpaired) electrons. The Bertz CT molecular complexity index is 620. The van der Waals surface area contributed by atoms with Crippen LogP contribution in [0.1, 0.15) is 22.8 Å². The highest BCUT2D eigenvalue weighted by Crippen LogP contribution is 2.24. The molecule has 0 atom stereocenters. The van der Waals surface area contributed by atoms with Gasteiger partial charge in [-0.1, -0.05) is 12.1 Å². The number of nitrogens with zero attached hydrogens (tertiary/aromatic N) is 1. The number of para-hydroxylation sites is 2. The largest absolute Gasteiger partial charge is 0.397 e. The molecule has 0 aliphatic rings. The minimum atomic E-state index is -0.412. The zero-order valence-corrected chi connectivity index (χ0v) is 11.6. The van der Waals surface area contributed by atoms with Crippen molar-refractivity contribution >= 4 is 17.3 Å². The summed E-state index contributed by atoms with van der Waals surface area (Å²) in [5, 5.41) is 0. The summed E-state index contributed by atoms with van der Waals surface area (Å²) >= 11 is 0. The first kappa shape index (κ1) is 14.1. The second-order valence-electron chi connectivity index (χ2n) is 4.63. The number of hydrogen-bond acceptors (Lipinski definition) is 2. The molecule has 0 heterocycles. The molecule has 0 spiro atoms. The second kappa shape index (κ2) is 5.74. The normalized spacial score (nSPS) is 10.3. The summed E-state index contributed by atoms with van der Waals surface area (Å²) < 4.78 is 13.4. The molecule has 0 unspecified atom stereocenters. The summed E-state index contributed by atoms with van der Waals surface area (Å²) in [5.41, 5.74) is 8.11. The summed E-state index contributed by atoms with van der Waals surface area (Å²) in [6, 6.07) is 11.5. The molecule has 2 rings (SSSR count). The Labute approximate surface area is 117 Å². The maximum atomic E-state index is 13.4. The van der Waals surface area contributed by atoms with Gasteiger partial charge in [0.25, 0.3) is 5.91 Å². The first-order chi connectivity index (χ1) is 9.52. The molecule has 2 aromatic rings. The van der Waals surface area contributed by atoms with Crippen molar-refractivity contribution in [1.29, 1.82) is 0 Å². The van der Waals surface area contributed by atoms with E-state index in [0.717, 1.165) is 0 Å². The number of aryl methyl sites for hydroxylation is 1. The van der Waals surface area contributed by atoms with Crippen LogP contribution in [0.3, 0.4) is 0 Å². The van der Waals surface area contributed by atoms with Gasteiger partial charge < -0.3 is 10.6 Å². The van der Waals surface area contributed by atoms with E-state index in [1.165, 1.54) is 12.1 Å². The third-order valence-electron chi connectivity index (χ3n) is 3.08. The summed E-state index contributed by atoms with van der Waals surface area (Å²) in [5.74, 6) is -0.668. The number of hydrogen-bond donors (Lipinski definition) is 1. The highest BCUT2D eigenvalue weighted by Gasteiger charge is 2.18. The summed E-state index contributed by atoms with van der Waals surface area (Å²) in [6.45, 7) is 4.08. The lowest BCUT2D eigenvalue weighted by molar-refractivity contribution is 0.0988. The van der Waals surface area contributed by atoms with Crippen molar-refractivity contribution in [2.75, 3.05) is 17.2 Å². The van der Waals surface area contributed by atoms with E-state index in [-0.39, 0.29) is 5.91 Å². The average molecular weight is 272 g/mol. The Balaban J connectivity index is 2.42. The number of amides is 1. The molecule has 1 amide bonds. The maximum absolute atomic E-state index is 13.4. The molecular formula is C16H17FN2O. The highest BCUT2D eigenvalue weighted by atomic mass is 19.1. The number of rotatable bonds is 3. The van der Waals surface area contributed by atoms with E-state index in [9.17, 15) is 9.18 Å². The maximum Gasteiger partial charge on any atom is 0.258 e. The van der Waals surface area contributed by atoms with Crippen molar-refractivity contribution < 1.29 is 9.18 Å². The van der Waals surface area contributed by atoms with Crippen LogP contribution in [0, 0.1) is 12.7 Å². The highest BCUT2D eigenvalue weighted by molar-refractivity contribution is 6.07. The van der Waals surface area contributed by atoms with Crippen molar-refractivity contribution in [2.24, 2.45) is 0 Å². The third kappa shape index (κ3) is 2.79. The second-order valence-corrected chi connectivity index (χ2v) is 4.63. The average Bonchev–Trinajstić information content (AvgIpc) is 2.40. The lowest BCUT2D eigenvalue weighted by atomic mass is 10.1. The zero-order chi connectivity index (χ0) is 14.7. The molecule has 104 valence electrons. The minimum Gasteiger partial charge on any atom is -0.397 e. The molecular weight excluding hydrogens is 255 g/mol. The van der Waals surface area contributed by atoms with Gasteiger partial charge in [0.05, 0.1) is 11.4 Å². The SMILES string of the molecule is CCN(C(=O)c1cc(C)cc(F)c1)c1ccccc1N. The van der Waals surface area contributed by atoms with Crippen molar-refractivity contribution in [3.05, 3.63) is 59.4 Å². The molecule has 20 heavy (non-hydrogen) atoms. The third-order valence-corrected chi connectivity index (χ3v) is 3.08. The van der Waals surface area contributed by atoms with Gasteiger partial charge in [0.1, 0.15) is 5.82 Å². The van der Waals surface area contributed by atoms with E-state index in [2.05, 4.69) is 0 Å². The van der Waals surface area contributed by atoms with Crippen molar-refractivity contribution in [1.82, 2.24) is 0 Å². The molecule has 2 aromatic carbocycles. The van der Waals surface area contributed by atoms with Gasteiger partial charge in [-0.15, -0.1) is 0 Å². The predicted molar refractivity (Wildman–Crippen MR) is 79.3 cm³/mol. The Hall–Kier alpha value is -2.36. The van der Waals surface area contributed by atoms with Crippen LogP contribution in [0.4, 0.5) is 15.8 Å². The van der Waals surface area contributed by atoms with Crippen molar-refractivity contribution in [2.45, 2.75) is 13.8 Å². The Kier molecular flexibility index (Phi) is 4.03. The van der Waals surface area contributed by atoms with Crippen molar-refractivity contribution in [3.63, 3.8) is 0 Å². The van der Waals surface area contributed by atoms with Gasteiger partial charge >= 0.3 is 0 Å². The van der Waals surface area contributed by atoms with E-state index in [4.69, 9.17) is 5.73 Å². The number of benzene rings is 2. The fraction of sp³-hybridized carbons (Fsp3) is 0.188. The molecule has 0 fully saturated rings. The molecule has 3 nitrogen and oxygen atoms in total. The fourth-order valence-electron chi connectivity index (χ4n) is 2.17. The lowest BCUT2D eigenvalue weighted by Crippen LogP contribution is -2.31. The van der Waals surface area contributed by atoms with E-state index >= 15 is 0 Å². The van der Waals surface area contributed by atoms with Crippen LogP contribution in [-0.4, -0.2) is 12.5 Å². The van der Waals surface area contributed by atoms with Crippen LogP contribution >= 0.6 is 0 Å². The van der Waals surface area contributed by atoms with E-state index in [1.807, 2.05) is 19.1 Å². The van der Waals surface area contributed by atoms with Gasteiger partial charge in [0.2, 0.25) is 0 Å². The standard InChI is InChI=1S/C16H17FN2O/c1-3-19(15-7-5-4-6-14(15)18)16(20)12-8-11(2)9-13(17)10-12/h4-10H,3,18H2,1-2H3. The first-order valence-corrected chi connectivity index (χ1v) is 6.46. The number of nitrogens with two attached hydrogens (primary N) is 1. The zero-order valence-electron chi connectivity index (χ0n) is 11.6. The number of anilines is 2. The smallest absolute Gasteiger partial charge is 0.258 e. The minimum absolute atomic E-state index is 0.256. The summed E-state index contributed by atoms with van der Waals surface area (Å²) in [6.07, 6.45) is 0. The quantitative estimate of drug-likeness (QED) is 0.871. The summed E-state index contributed by atoms with van der Waals surface area (Å²) in [7, 11) is 0. The molecule has 0 aromatic heterocycles. The molecule has 0 bridgehead atoms. The van der Waals surface area contributed by atoms with Gasteiger partial charge in [-0.25, -0.2) is 4.39 Å². The molecule has 0 saturated carbocycles. The lowest BCUT2D eigenvalue weighted by Gasteiger charge is -2.22. The van der Waals surface area contributed by atoms with Gasteiger partial charge in [0.15, 0.2) is 0 Å². The molecule has 0 aliphatic heterocycles. The van der Waals surface area contributed by atoms with E-state index < -0.39 is 5.82 Å². The number of nitrogen functional groups attached to an aromatic ring is 1. The molecule has 4 heteroatoms. The van der Waals surface area contributed by atoms with E-state index in [1.54, 1.807) is 30.0 Å². The monoisotopic (exact) mass is 272 g/mol. The van der Waals surface area contributed by atoms with E-state index in [0.29, 0.717) is 29.0 Å². The molecule has 2 N–H and O–H groups in total. The Morgan fingerprint density at radius 1 is 1.25 bits per heavy atom. The van der Waals surface area contributed by atoms with Gasteiger partial charge in [-0.3, -0.25) is 4.79 Å². The first-order valence-electron chi connectivity index (χ1n) is 6.46. The van der Waals surface area contributed by atoms with Crippen LogP contribution in [0.5, 0.6) is 0 Å². The number of halogens is 1.